The van der Waals surface area contributed by atoms with Gasteiger partial charge >= 0.3 is 6.09 Å². The first-order chi connectivity index (χ1) is 7.78. The lowest BCUT2D eigenvalue weighted by Gasteiger charge is -2.33. The number of hydrogen-bond acceptors (Lipinski definition) is 3. The minimum absolute atomic E-state index is 0.210. The van der Waals surface area contributed by atoms with Gasteiger partial charge in [-0.3, -0.25) is 0 Å². The van der Waals surface area contributed by atoms with Crippen LogP contribution in [0.4, 0.5) is 4.79 Å². The smallest absolute Gasteiger partial charge is 0.410 e. The first-order valence-corrected chi connectivity index (χ1v) is 6.33. The summed E-state index contributed by atoms with van der Waals surface area (Å²) in [5.74, 6) is 0.713. The predicted molar refractivity (Wildman–Crippen MR) is 67.0 cm³/mol. The number of carbonyl (C=O) groups excluding carboxylic acids is 1. The molecule has 1 aliphatic rings. The van der Waals surface area contributed by atoms with Crippen molar-refractivity contribution in [2.45, 2.75) is 40.2 Å². The minimum Gasteiger partial charge on any atom is -0.444 e. The summed E-state index contributed by atoms with van der Waals surface area (Å²) in [6.45, 7) is 12.7. The number of rotatable bonds is 0. The van der Waals surface area contributed by atoms with Gasteiger partial charge in [0, 0.05) is 13.1 Å². The molecule has 0 spiro atoms. The monoisotopic (exact) mass is 243 g/mol. The van der Waals surface area contributed by atoms with Crippen molar-refractivity contribution in [1.82, 2.24) is 4.90 Å². The van der Waals surface area contributed by atoms with Gasteiger partial charge in [0.1, 0.15) is 5.60 Å². The van der Waals surface area contributed by atoms with Gasteiger partial charge in [0.05, 0.1) is 13.2 Å². The molecule has 0 aromatic rings. The van der Waals surface area contributed by atoms with Crippen LogP contribution in [0.15, 0.2) is 0 Å². The van der Waals surface area contributed by atoms with Crippen molar-refractivity contribution >= 4 is 6.09 Å². The summed E-state index contributed by atoms with van der Waals surface area (Å²) in [6, 6.07) is 0. The molecule has 2 atom stereocenters. The molecule has 0 aliphatic carbocycles. The molecule has 4 heteroatoms. The molecule has 4 nitrogen and oxygen atoms in total. The maximum atomic E-state index is 12.0. The summed E-state index contributed by atoms with van der Waals surface area (Å²) in [7, 11) is 0. The van der Waals surface area contributed by atoms with Crippen LogP contribution >= 0.6 is 0 Å². The number of ether oxygens (including phenoxy) is 2. The molecule has 0 bridgehead atoms. The quantitative estimate of drug-likeness (QED) is 0.656. The first-order valence-electron chi connectivity index (χ1n) is 6.33. The van der Waals surface area contributed by atoms with Crippen molar-refractivity contribution in [2.24, 2.45) is 11.8 Å². The van der Waals surface area contributed by atoms with Gasteiger partial charge in [0.15, 0.2) is 0 Å². The van der Waals surface area contributed by atoms with Crippen molar-refractivity contribution in [3.8, 4) is 0 Å². The molecule has 2 unspecified atom stereocenters. The van der Waals surface area contributed by atoms with Crippen molar-refractivity contribution < 1.29 is 14.3 Å². The molecule has 17 heavy (non-hydrogen) atoms. The molecule has 100 valence electrons. The highest BCUT2D eigenvalue weighted by Gasteiger charge is 2.26. The maximum Gasteiger partial charge on any atom is 0.410 e. The second-order valence-corrected chi connectivity index (χ2v) is 6.13. The van der Waals surface area contributed by atoms with Crippen LogP contribution in [-0.4, -0.2) is 42.9 Å². The van der Waals surface area contributed by atoms with Crippen LogP contribution in [0.2, 0.25) is 0 Å². The van der Waals surface area contributed by atoms with E-state index in [1.54, 1.807) is 0 Å². The zero-order chi connectivity index (χ0) is 13.1. The lowest BCUT2D eigenvalue weighted by atomic mass is 10.1. The average Bonchev–Trinajstić information content (AvgIpc) is 2.11. The van der Waals surface area contributed by atoms with E-state index in [9.17, 15) is 4.79 Å². The summed E-state index contributed by atoms with van der Waals surface area (Å²) in [5, 5.41) is 0. The van der Waals surface area contributed by atoms with Crippen LogP contribution in [0.3, 0.4) is 0 Å². The fraction of sp³-hybridized carbons (Fsp3) is 0.923. The van der Waals surface area contributed by atoms with Gasteiger partial charge < -0.3 is 14.4 Å². The first kappa shape index (κ1) is 14.3. The van der Waals surface area contributed by atoms with Gasteiger partial charge in [-0.2, -0.15) is 0 Å². The molecule has 0 saturated carbocycles. The Hall–Kier alpha value is -0.770. The van der Waals surface area contributed by atoms with Crippen molar-refractivity contribution in [3.63, 3.8) is 0 Å². The Kier molecular flexibility index (Phi) is 4.80. The van der Waals surface area contributed by atoms with Gasteiger partial charge in [-0.05, 0) is 32.6 Å². The second-order valence-electron chi connectivity index (χ2n) is 6.13. The third kappa shape index (κ3) is 5.39. The molecule has 0 N–H and O–H groups in total. The molecule has 1 rings (SSSR count). The van der Waals surface area contributed by atoms with E-state index in [-0.39, 0.29) is 6.09 Å². The molecular weight excluding hydrogens is 218 g/mol. The minimum atomic E-state index is -0.428. The van der Waals surface area contributed by atoms with Crippen LogP contribution in [0.25, 0.3) is 0 Å². The zero-order valence-corrected chi connectivity index (χ0v) is 11.7. The summed E-state index contributed by atoms with van der Waals surface area (Å²) >= 11 is 0. The van der Waals surface area contributed by atoms with E-state index >= 15 is 0 Å². The van der Waals surface area contributed by atoms with Crippen LogP contribution in [-0.2, 0) is 9.47 Å². The number of hydrogen-bond donors (Lipinski definition) is 0. The van der Waals surface area contributed by atoms with E-state index in [1.165, 1.54) is 0 Å². The lowest BCUT2D eigenvalue weighted by molar-refractivity contribution is -0.00374. The standard InChI is InChI=1S/C13H25NO3/c1-10-6-14(7-11(2)9-16-8-10)12(15)17-13(3,4)5/h10-11H,6-9H2,1-5H3. The van der Waals surface area contributed by atoms with E-state index < -0.39 is 5.60 Å². The topological polar surface area (TPSA) is 38.8 Å². The number of amides is 1. The predicted octanol–water partition coefficient (Wildman–Crippen LogP) is 2.53. The Morgan fingerprint density at radius 3 is 2.06 bits per heavy atom. The summed E-state index contributed by atoms with van der Waals surface area (Å²) in [4.78, 5) is 13.8. The Labute approximate surface area is 104 Å². The van der Waals surface area contributed by atoms with Crippen molar-refractivity contribution in [2.75, 3.05) is 26.3 Å². The second kappa shape index (κ2) is 5.71. The highest BCUT2D eigenvalue weighted by atomic mass is 16.6. The Morgan fingerprint density at radius 1 is 1.18 bits per heavy atom. The Morgan fingerprint density at radius 2 is 1.65 bits per heavy atom. The summed E-state index contributed by atoms with van der Waals surface area (Å²) in [6.07, 6.45) is -0.210. The Balaban J connectivity index is 2.61. The Bertz CT molecular complexity index is 248. The van der Waals surface area contributed by atoms with Crippen LogP contribution in [0, 0.1) is 11.8 Å². The summed E-state index contributed by atoms with van der Waals surface area (Å²) < 4.78 is 11.0. The van der Waals surface area contributed by atoms with Gasteiger partial charge in [0.25, 0.3) is 0 Å². The van der Waals surface area contributed by atoms with Crippen molar-refractivity contribution in [3.05, 3.63) is 0 Å². The van der Waals surface area contributed by atoms with Crippen LogP contribution in [0.1, 0.15) is 34.6 Å². The van der Waals surface area contributed by atoms with Gasteiger partial charge in [-0.15, -0.1) is 0 Å². The van der Waals surface area contributed by atoms with Crippen LogP contribution < -0.4 is 0 Å². The average molecular weight is 243 g/mol. The molecule has 1 fully saturated rings. The highest BCUT2D eigenvalue weighted by Crippen LogP contribution is 2.15. The van der Waals surface area contributed by atoms with Gasteiger partial charge in [-0.25, -0.2) is 4.79 Å². The molecule has 1 amide bonds. The zero-order valence-electron chi connectivity index (χ0n) is 11.7. The van der Waals surface area contributed by atoms with E-state index in [4.69, 9.17) is 9.47 Å². The highest BCUT2D eigenvalue weighted by molar-refractivity contribution is 5.68. The SMILES string of the molecule is CC1COCC(C)CN(C(=O)OC(C)(C)C)C1. The normalized spacial score (nSPS) is 27.2. The lowest BCUT2D eigenvalue weighted by Crippen LogP contribution is -2.44. The van der Waals surface area contributed by atoms with Gasteiger partial charge in [-0.1, -0.05) is 13.8 Å². The fourth-order valence-electron chi connectivity index (χ4n) is 1.88. The maximum absolute atomic E-state index is 12.0. The third-order valence-electron chi connectivity index (χ3n) is 2.52. The van der Waals surface area contributed by atoms with Crippen LogP contribution in [0.5, 0.6) is 0 Å². The molecular formula is C13H25NO3. The third-order valence-corrected chi connectivity index (χ3v) is 2.52. The van der Waals surface area contributed by atoms with E-state index in [0.29, 0.717) is 38.1 Å². The van der Waals surface area contributed by atoms with Gasteiger partial charge in [0.2, 0.25) is 0 Å². The van der Waals surface area contributed by atoms with E-state index in [1.807, 2.05) is 25.7 Å². The molecule has 1 saturated heterocycles. The van der Waals surface area contributed by atoms with Crippen molar-refractivity contribution in [1.29, 1.82) is 0 Å². The summed E-state index contributed by atoms with van der Waals surface area (Å²) in [5.41, 5.74) is -0.428. The molecule has 0 aromatic carbocycles. The largest absolute Gasteiger partial charge is 0.444 e. The molecule has 0 radical (unpaired) electrons. The number of nitrogens with zero attached hydrogens (tertiary/aromatic N) is 1. The molecule has 1 aliphatic heterocycles. The van der Waals surface area contributed by atoms with E-state index in [2.05, 4.69) is 13.8 Å². The molecule has 1 heterocycles. The fourth-order valence-corrected chi connectivity index (χ4v) is 1.88. The molecule has 0 aromatic heterocycles. The number of carbonyl (C=O) groups is 1. The van der Waals surface area contributed by atoms with E-state index in [0.717, 1.165) is 0 Å².